The number of carbonyl (C=O) groups is 2. The molecule has 4 heteroatoms. The molecular weight excluding hydrogens is 194 g/mol. The molecule has 2 fully saturated rings. The lowest BCUT2D eigenvalue weighted by Crippen LogP contribution is -2.44. The van der Waals surface area contributed by atoms with Crippen molar-refractivity contribution in [3.05, 3.63) is 0 Å². The van der Waals surface area contributed by atoms with E-state index in [2.05, 4.69) is 0 Å². The number of amides is 2. The van der Waals surface area contributed by atoms with Gasteiger partial charge in [-0.3, -0.25) is 4.79 Å². The predicted octanol–water partition coefficient (Wildman–Crippen LogP) is 1.93. The molecule has 2 amide bonds. The number of likely N-dealkylation sites (tertiary alicyclic amines) is 1. The second kappa shape index (κ2) is 3.22. The average molecular weight is 211 g/mol. The van der Waals surface area contributed by atoms with Gasteiger partial charge in [-0.1, -0.05) is 0 Å². The molecule has 1 aliphatic carbocycles. The zero-order chi connectivity index (χ0) is 11.2. The van der Waals surface area contributed by atoms with Crippen molar-refractivity contribution < 1.29 is 14.3 Å². The fraction of sp³-hybridized carbons (Fsp3) is 0.818. The molecule has 2 aliphatic rings. The molecular formula is C11H17NO3. The third kappa shape index (κ3) is 1.85. The Balaban J connectivity index is 2.06. The van der Waals surface area contributed by atoms with E-state index in [0.717, 1.165) is 19.3 Å². The van der Waals surface area contributed by atoms with Crippen LogP contribution in [0.1, 0.15) is 40.0 Å². The molecule has 2 bridgehead atoms. The molecule has 2 unspecified atom stereocenters. The van der Waals surface area contributed by atoms with Crippen LogP contribution in [0.4, 0.5) is 4.79 Å². The maximum atomic E-state index is 11.7. The molecule has 4 nitrogen and oxygen atoms in total. The molecule has 1 heterocycles. The van der Waals surface area contributed by atoms with Crippen LogP contribution < -0.4 is 0 Å². The van der Waals surface area contributed by atoms with E-state index in [0.29, 0.717) is 0 Å². The van der Waals surface area contributed by atoms with Gasteiger partial charge in [-0.05, 0) is 40.0 Å². The molecule has 0 N–H and O–H groups in total. The maximum Gasteiger partial charge on any atom is 0.417 e. The Kier molecular flexibility index (Phi) is 2.24. The lowest BCUT2D eigenvalue weighted by atomic mass is 10.1. The number of fused-ring (bicyclic) bond motifs is 2. The monoisotopic (exact) mass is 211 g/mol. The Hall–Kier alpha value is -1.06. The van der Waals surface area contributed by atoms with E-state index < -0.39 is 11.7 Å². The van der Waals surface area contributed by atoms with Gasteiger partial charge >= 0.3 is 6.09 Å². The van der Waals surface area contributed by atoms with Crippen LogP contribution in [0.2, 0.25) is 0 Å². The molecule has 1 saturated carbocycles. The summed E-state index contributed by atoms with van der Waals surface area (Å²) < 4.78 is 5.21. The topological polar surface area (TPSA) is 46.6 Å². The highest BCUT2D eigenvalue weighted by molar-refractivity contribution is 5.96. The number of piperidine rings is 1. The van der Waals surface area contributed by atoms with Crippen molar-refractivity contribution >= 4 is 12.0 Å². The van der Waals surface area contributed by atoms with Crippen LogP contribution >= 0.6 is 0 Å². The number of ether oxygens (including phenoxy) is 1. The Morgan fingerprint density at radius 3 is 2.53 bits per heavy atom. The molecule has 2 atom stereocenters. The van der Waals surface area contributed by atoms with Gasteiger partial charge in [0.15, 0.2) is 0 Å². The SMILES string of the molecule is CC(C)(C)OC(=O)N1C(=O)C2CCC1C2. The van der Waals surface area contributed by atoms with Gasteiger partial charge in [-0.15, -0.1) is 0 Å². The molecule has 1 aliphatic heterocycles. The highest BCUT2D eigenvalue weighted by Gasteiger charge is 2.48. The van der Waals surface area contributed by atoms with Crippen molar-refractivity contribution in [2.75, 3.05) is 0 Å². The zero-order valence-electron chi connectivity index (χ0n) is 9.45. The summed E-state index contributed by atoms with van der Waals surface area (Å²) >= 11 is 0. The molecule has 1 saturated heterocycles. The smallest absolute Gasteiger partial charge is 0.417 e. The average Bonchev–Trinajstić information content (AvgIpc) is 2.59. The standard InChI is InChI=1S/C11H17NO3/c1-11(2,3)15-10(14)12-8-5-4-7(6-8)9(12)13/h7-8H,4-6H2,1-3H3. The molecule has 0 aromatic carbocycles. The Morgan fingerprint density at radius 1 is 1.40 bits per heavy atom. The Labute approximate surface area is 89.6 Å². The molecule has 2 rings (SSSR count). The summed E-state index contributed by atoms with van der Waals surface area (Å²) in [5.41, 5.74) is -0.529. The number of rotatable bonds is 0. The third-order valence-electron chi connectivity index (χ3n) is 2.95. The van der Waals surface area contributed by atoms with Crippen LogP contribution in [0.5, 0.6) is 0 Å². The molecule has 84 valence electrons. The highest BCUT2D eigenvalue weighted by atomic mass is 16.6. The summed E-state index contributed by atoms with van der Waals surface area (Å²) in [5.74, 6) is 0.0306. The summed E-state index contributed by atoms with van der Waals surface area (Å²) in [6, 6.07) is 0.0948. The van der Waals surface area contributed by atoms with Gasteiger partial charge < -0.3 is 4.74 Å². The third-order valence-corrected chi connectivity index (χ3v) is 2.95. The van der Waals surface area contributed by atoms with Crippen LogP contribution in [0.15, 0.2) is 0 Å². The van der Waals surface area contributed by atoms with Gasteiger partial charge in [-0.25, -0.2) is 9.69 Å². The fourth-order valence-electron chi connectivity index (χ4n) is 2.34. The van der Waals surface area contributed by atoms with Crippen LogP contribution in [0, 0.1) is 5.92 Å². The van der Waals surface area contributed by atoms with E-state index in [4.69, 9.17) is 4.74 Å². The van der Waals surface area contributed by atoms with E-state index in [1.165, 1.54) is 4.90 Å². The number of nitrogens with zero attached hydrogens (tertiary/aromatic N) is 1. The Bertz CT molecular complexity index is 305. The van der Waals surface area contributed by atoms with Gasteiger partial charge in [0.05, 0.1) is 0 Å². The van der Waals surface area contributed by atoms with Crippen LogP contribution in [-0.4, -0.2) is 28.5 Å². The second-order valence-corrected chi connectivity index (χ2v) is 5.35. The largest absolute Gasteiger partial charge is 0.443 e. The summed E-state index contributed by atoms with van der Waals surface area (Å²) in [7, 11) is 0. The van der Waals surface area contributed by atoms with Gasteiger partial charge in [-0.2, -0.15) is 0 Å². The number of imide groups is 1. The summed E-state index contributed by atoms with van der Waals surface area (Å²) in [6.07, 6.45) is 2.23. The van der Waals surface area contributed by atoms with Crippen molar-refractivity contribution in [2.24, 2.45) is 5.92 Å². The summed E-state index contributed by atoms with van der Waals surface area (Å²) in [4.78, 5) is 24.8. The van der Waals surface area contributed by atoms with Gasteiger partial charge in [0.2, 0.25) is 5.91 Å². The lowest BCUT2D eigenvalue weighted by molar-refractivity contribution is -0.133. The van der Waals surface area contributed by atoms with Gasteiger partial charge in [0.25, 0.3) is 0 Å². The highest BCUT2D eigenvalue weighted by Crippen LogP contribution is 2.39. The van der Waals surface area contributed by atoms with E-state index in [9.17, 15) is 9.59 Å². The van der Waals surface area contributed by atoms with Crippen molar-refractivity contribution in [1.82, 2.24) is 4.90 Å². The molecule has 0 aromatic rings. The minimum Gasteiger partial charge on any atom is -0.443 e. The minimum absolute atomic E-state index is 0.0412. The van der Waals surface area contributed by atoms with Crippen LogP contribution in [0.25, 0.3) is 0 Å². The summed E-state index contributed by atoms with van der Waals surface area (Å²) in [6.45, 7) is 5.43. The van der Waals surface area contributed by atoms with E-state index in [1.807, 2.05) is 20.8 Å². The Morgan fingerprint density at radius 2 is 2.07 bits per heavy atom. The molecule has 15 heavy (non-hydrogen) atoms. The van der Waals surface area contributed by atoms with E-state index >= 15 is 0 Å². The lowest BCUT2D eigenvalue weighted by Gasteiger charge is -2.28. The predicted molar refractivity (Wildman–Crippen MR) is 54.2 cm³/mol. The fourth-order valence-corrected chi connectivity index (χ4v) is 2.34. The van der Waals surface area contributed by atoms with Crippen LogP contribution in [0.3, 0.4) is 0 Å². The second-order valence-electron chi connectivity index (χ2n) is 5.35. The van der Waals surface area contributed by atoms with Crippen molar-refractivity contribution in [1.29, 1.82) is 0 Å². The normalized spacial score (nSPS) is 29.8. The number of hydrogen-bond donors (Lipinski definition) is 0. The number of hydrogen-bond acceptors (Lipinski definition) is 3. The van der Waals surface area contributed by atoms with Crippen molar-refractivity contribution in [3.8, 4) is 0 Å². The minimum atomic E-state index is -0.529. The molecule has 0 aromatic heterocycles. The maximum absolute atomic E-state index is 11.7. The van der Waals surface area contributed by atoms with Gasteiger partial charge in [0, 0.05) is 12.0 Å². The van der Waals surface area contributed by atoms with Gasteiger partial charge in [0.1, 0.15) is 5.60 Å². The van der Waals surface area contributed by atoms with E-state index in [1.54, 1.807) is 0 Å². The van der Waals surface area contributed by atoms with Crippen LogP contribution in [-0.2, 0) is 9.53 Å². The first-order valence-electron chi connectivity index (χ1n) is 5.44. The van der Waals surface area contributed by atoms with E-state index in [-0.39, 0.29) is 17.9 Å². The molecule has 0 spiro atoms. The van der Waals surface area contributed by atoms with Crippen molar-refractivity contribution in [2.45, 2.75) is 51.7 Å². The first kappa shape index (κ1) is 10.5. The first-order chi connectivity index (χ1) is 6.88. The van der Waals surface area contributed by atoms with Crippen molar-refractivity contribution in [3.63, 3.8) is 0 Å². The summed E-state index contributed by atoms with van der Waals surface area (Å²) in [5, 5.41) is 0. The molecule has 0 radical (unpaired) electrons. The number of carbonyl (C=O) groups excluding carboxylic acids is 2. The quantitative estimate of drug-likeness (QED) is 0.615. The zero-order valence-corrected chi connectivity index (χ0v) is 9.45. The first-order valence-corrected chi connectivity index (χ1v) is 5.44.